The summed E-state index contributed by atoms with van der Waals surface area (Å²) in [6, 6.07) is 10.9. The van der Waals surface area contributed by atoms with Gasteiger partial charge in [0.1, 0.15) is 11.3 Å². The van der Waals surface area contributed by atoms with Crippen LogP contribution in [0, 0.1) is 11.8 Å². The number of aromatic hydroxyl groups is 1. The minimum atomic E-state index is 0.171. The summed E-state index contributed by atoms with van der Waals surface area (Å²) in [5.74, 6) is 6.35. The van der Waals surface area contributed by atoms with E-state index in [2.05, 4.69) is 21.8 Å². The van der Waals surface area contributed by atoms with Crippen LogP contribution in [0.3, 0.4) is 0 Å². The van der Waals surface area contributed by atoms with Crippen molar-refractivity contribution in [1.29, 1.82) is 0 Å². The normalized spacial score (nSPS) is 9.89. The Morgan fingerprint density at radius 2 is 1.74 bits per heavy atom. The Bertz CT molecular complexity index is 786. The van der Waals surface area contributed by atoms with E-state index < -0.39 is 0 Å². The van der Waals surface area contributed by atoms with E-state index in [4.69, 9.17) is 0 Å². The molecule has 90 valence electrons. The van der Waals surface area contributed by atoms with E-state index in [1.807, 2.05) is 24.3 Å². The van der Waals surface area contributed by atoms with Crippen molar-refractivity contribution < 1.29 is 5.11 Å². The summed E-state index contributed by atoms with van der Waals surface area (Å²) in [5.41, 5.74) is 2.32. The van der Waals surface area contributed by atoms with Crippen molar-refractivity contribution in [3.8, 4) is 17.6 Å². The molecule has 0 unspecified atom stereocenters. The molecule has 0 saturated heterocycles. The Balaban J connectivity index is 2.13. The third-order valence-corrected chi connectivity index (χ3v) is 2.77. The van der Waals surface area contributed by atoms with Crippen LogP contribution in [0.4, 0.5) is 0 Å². The van der Waals surface area contributed by atoms with E-state index in [1.54, 1.807) is 30.7 Å². The average Bonchev–Trinajstić information content (AvgIpc) is 2.48. The van der Waals surface area contributed by atoms with Crippen LogP contribution in [0.2, 0.25) is 0 Å². The van der Waals surface area contributed by atoms with Crippen molar-refractivity contribution in [1.82, 2.24) is 9.97 Å². The number of hydrogen-bond acceptors (Lipinski definition) is 3. The van der Waals surface area contributed by atoms with Gasteiger partial charge in [0.2, 0.25) is 0 Å². The summed E-state index contributed by atoms with van der Waals surface area (Å²) in [5, 5.41) is 10.6. The van der Waals surface area contributed by atoms with Crippen molar-refractivity contribution in [3.63, 3.8) is 0 Å². The molecule has 1 N–H and O–H groups in total. The maximum absolute atomic E-state index is 9.76. The predicted molar refractivity (Wildman–Crippen MR) is 73.6 cm³/mol. The molecule has 3 heteroatoms. The van der Waals surface area contributed by atoms with Crippen LogP contribution < -0.4 is 0 Å². The zero-order chi connectivity index (χ0) is 13.1. The van der Waals surface area contributed by atoms with Gasteiger partial charge < -0.3 is 5.11 Å². The summed E-state index contributed by atoms with van der Waals surface area (Å²) in [6.07, 6.45) is 5.07. The quantitative estimate of drug-likeness (QED) is 0.620. The maximum atomic E-state index is 9.76. The first-order valence-electron chi connectivity index (χ1n) is 5.83. The van der Waals surface area contributed by atoms with Gasteiger partial charge in [0.25, 0.3) is 0 Å². The summed E-state index contributed by atoms with van der Waals surface area (Å²) in [4.78, 5) is 8.12. The molecule has 0 aliphatic heterocycles. The summed E-state index contributed by atoms with van der Waals surface area (Å²) in [7, 11) is 0. The van der Waals surface area contributed by atoms with Crippen molar-refractivity contribution >= 4 is 10.9 Å². The topological polar surface area (TPSA) is 46.0 Å². The second kappa shape index (κ2) is 4.79. The molecule has 0 amide bonds. The summed E-state index contributed by atoms with van der Waals surface area (Å²) < 4.78 is 0. The van der Waals surface area contributed by atoms with E-state index in [0.717, 1.165) is 16.5 Å². The van der Waals surface area contributed by atoms with E-state index in [-0.39, 0.29) is 5.75 Å². The minimum absolute atomic E-state index is 0.171. The van der Waals surface area contributed by atoms with Crippen molar-refractivity contribution in [2.75, 3.05) is 0 Å². The Morgan fingerprint density at radius 3 is 2.58 bits per heavy atom. The highest BCUT2D eigenvalue weighted by Gasteiger charge is 2.03. The number of benzene rings is 1. The van der Waals surface area contributed by atoms with Gasteiger partial charge in [-0.25, -0.2) is 0 Å². The lowest BCUT2D eigenvalue weighted by Gasteiger charge is -2.01. The molecule has 3 nitrogen and oxygen atoms in total. The minimum Gasteiger partial charge on any atom is -0.506 e. The molecule has 2 heterocycles. The fourth-order valence-corrected chi connectivity index (χ4v) is 1.84. The van der Waals surface area contributed by atoms with Crippen LogP contribution in [0.25, 0.3) is 10.9 Å². The molecule has 0 saturated carbocycles. The lowest BCUT2D eigenvalue weighted by atomic mass is 10.1. The number of pyridine rings is 2. The Labute approximate surface area is 110 Å². The smallest absolute Gasteiger partial charge is 0.141 e. The lowest BCUT2D eigenvalue weighted by Crippen LogP contribution is -1.84. The number of hydrogen-bond donors (Lipinski definition) is 1. The molecule has 19 heavy (non-hydrogen) atoms. The molecule has 0 bridgehead atoms. The van der Waals surface area contributed by atoms with E-state index in [1.165, 1.54) is 0 Å². The van der Waals surface area contributed by atoms with Crippen LogP contribution in [-0.2, 0) is 0 Å². The Kier molecular flexibility index (Phi) is 2.83. The molecule has 0 atom stereocenters. The van der Waals surface area contributed by atoms with Crippen LogP contribution in [0.5, 0.6) is 5.75 Å². The van der Waals surface area contributed by atoms with Gasteiger partial charge in [0.15, 0.2) is 0 Å². The van der Waals surface area contributed by atoms with Gasteiger partial charge in [-0.2, -0.15) is 0 Å². The molecule has 3 rings (SSSR count). The first kappa shape index (κ1) is 11.2. The lowest BCUT2D eigenvalue weighted by molar-refractivity contribution is 0.480. The zero-order valence-electron chi connectivity index (χ0n) is 10.0. The van der Waals surface area contributed by atoms with Crippen molar-refractivity contribution in [2.24, 2.45) is 0 Å². The summed E-state index contributed by atoms with van der Waals surface area (Å²) in [6.45, 7) is 0. The van der Waals surface area contributed by atoms with Crippen LogP contribution in [0.1, 0.15) is 11.1 Å². The van der Waals surface area contributed by atoms with Gasteiger partial charge >= 0.3 is 0 Å². The van der Waals surface area contributed by atoms with Gasteiger partial charge in [-0.05, 0) is 36.4 Å². The third kappa shape index (κ3) is 2.24. The monoisotopic (exact) mass is 246 g/mol. The van der Waals surface area contributed by atoms with Crippen molar-refractivity contribution in [2.45, 2.75) is 0 Å². The average molecular weight is 246 g/mol. The largest absolute Gasteiger partial charge is 0.506 e. The van der Waals surface area contributed by atoms with Crippen LogP contribution in [-0.4, -0.2) is 15.1 Å². The predicted octanol–water partition coefficient (Wildman–Crippen LogP) is 2.74. The standard InChI is InChI=1S/C16H10N2O/c19-15-6-5-13(14-2-1-9-18-16(14)15)4-3-12-7-10-17-11-8-12/h1-2,5-11,19H. The number of phenols is 1. The van der Waals surface area contributed by atoms with Crippen LogP contribution in [0.15, 0.2) is 55.0 Å². The highest BCUT2D eigenvalue weighted by molar-refractivity contribution is 5.89. The molecule has 0 aliphatic rings. The highest BCUT2D eigenvalue weighted by atomic mass is 16.3. The maximum Gasteiger partial charge on any atom is 0.141 e. The fraction of sp³-hybridized carbons (Fsp3) is 0. The molecular formula is C16H10N2O. The first-order valence-corrected chi connectivity index (χ1v) is 5.83. The molecule has 0 spiro atoms. The second-order valence-corrected chi connectivity index (χ2v) is 4.02. The van der Waals surface area contributed by atoms with Crippen molar-refractivity contribution in [3.05, 3.63) is 66.1 Å². The molecule has 3 aromatic rings. The van der Waals surface area contributed by atoms with Gasteiger partial charge in [-0.1, -0.05) is 11.8 Å². The third-order valence-electron chi connectivity index (χ3n) is 2.77. The molecule has 1 aromatic carbocycles. The highest BCUT2D eigenvalue weighted by Crippen LogP contribution is 2.24. The van der Waals surface area contributed by atoms with Gasteiger partial charge in [0, 0.05) is 35.1 Å². The Morgan fingerprint density at radius 1 is 0.895 bits per heavy atom. The van der Waals surface area contributed by atoms with Gasteiger partial charge in [0.05, 0.1) is 0 Å². The van der Waals surface area contributed by atoms with E-state index in [9.17, 15) is 5.11 Å². The van der Waals surface area contributed by atoms with E-state index >= 15 is 0 Å². The number of nitrogens with zero attached hydrogens (tertiary/aromatic N) is 2. The van der Waals surface area contributed by atoms with Gasteiger partial charge in [-0.3, -0.25) is 9.97 Å². The SMILES string of the molecule is Oc1ccc(C#Cc2ccncc2)c2cccnc12. The number of aromatic nitrogens is 2. The molecule has 2 aromatic heterocycles. The molecule has 0 fully saturated rings. The Hall–Kier alpha value is -2.86. The molecule has 0 aliphatic carbocycles. The summed E-state index contributed by atoms with van der Waals surface area (Å²) >= 11 is 0. The second-order valence-electron chi connectivity index (χ2n) is 4.02. The number of fused-ring (bicyclic) bond motifs is 1. The van der Waals surface area contributed by atoms with E-state index in [0.29, 0.717) is 5.52 Å². The van der Waals surface area contributed by atoms with Gasteiger partial charge in [-0.15, -0.1) is 0 Å². The van der Waals surface area contributed by atoms with Crippen LogP contribution >= 0.6 is 0 Å². The molecule has 0 radical (unpaired) electrons. The molecular weight excluding hydrogens is 236 g/mol. The number of phenolic OH excluding ortho intramolecular Hbond substituents is 1. The first-order chi connectivity index (χ1) is 9.34. The number of rotatable bonds is 0. The zero-order valence-corrected chi connectivity index (χ0v) is 10.0. The fourth-order valence-electron chi connectivity index (χ4n) is 1.84.